The molecule has 0 spiro atoms. The van der Waals surface area contributed by atoms with Crippen LogP contribution < -0.4 is 10.1 Å². The number of carboxylic acid groups (broad SMARTS) is 1. The van der Waals surface area contributed by atoms with Gasteiger partial charge < -0.3 is 15.2 Å². The van der Waals surface area contributed by atoms with Crippen LogP contribution in [0.15, 0.2) is 48.5 Å². The van der Waals surface area contributed by atoms with Gasteiger partial charge in [-0.3, -0.25) is 9.59 Å². The largest absolute Gasteiger partial charge is 0.497 e. The molecule has 0 aliphatic rings. The Balaban J connectivity index is 1.64. The van der Waals surface area contributed by atoms with Crippen LogP contribution in [0.1, 0.15) is 37.1 Å². The molecule has 3 aromatic rings. The maximum absolute atomic E-state index is 12.5. The number of aromatic nitrogens is 1. The van der Waals surface area contributed by atoms with Crippen molar-refractivity contribution in [1.82, 2.24) is 10.3 Å². The summed E-state index contributed by atoms with van der Waals surface area (Å²) in [7, 11) is 1.61. The SMILES string of the molecule is COc1ccc(CNC(=O)c2sc(C#Cc3ccc(CC(=O)O)cc3)nc2C)cc1. The summed E-state index contributed by atoms with van der Waals surface area (Å²) in [5.74, 6) is 5.68. The van der Waals surface area contributed by atoms with E-state index in [0.29, 0.717) is 27.7 Å². The highest BCUT2D eigenvalue weighted by Gasteiger charge is 2.14. The number of rotatable bonds is 6. The topological polar surface area (TPSA) is 88.5 Å². The summed E-state index contributed by atoms with van der Waals surface area (Å²) >= 11 is 1.25. The summed E-state index contributed by atoms with van der Waals surface area (Å²) in [6.45, 7) is 2.19. The van der Waals surface area contributed by atoms with Crippen LogP contribution in [-0.2, 0) is 17.8 Å². The highest BCUT2D eigenvalue weighted by Crippen LogP contribution is 2.18. The van der Waals surface area contributed by atoms with Crippen molar-refractivity contribution in [2.75, 3.05) is 7.11 Å². The van der Waals surface area contributed by atoms with Crippen molar-refractivity contribution in [3.05, 3.63) is 80.8 Å². The molecule has 0 aliphatic heterocycles. The second-order valence-electron chi connectivity index (χ2n) is 6.48. The van der Waals surface area contributed by atoms with Gasteiger partial charge in [0, 0.05) is 12.1 Å². The molecular formula is C23H20N2O4S. The second kappa shape index (κ2) is 9.72. The van der Waals surface area contributed by atoms with Gasteiger partial charge in [0.2, 0.25) is 0 Å². The Morgan fingerprint density at radius 2 is 1.73 bits per heavy atom. The molecule has 1 aromatic heterocycles. The molecule has 6 nitrogen and oxygen atoms in total. The zero-order chi connectivity index (χ0) is 21.5. The number of nitrogens with zero attached hydrogens (tertiary/aromatic N) is 1. The third-order valence-electron chi connectivity index (χ3n) is 4.24. The first-order valence-corrected chi connectivity index (χ1v) is 9.97. The molecular weight excluding hydrogens is 400 g/mol. The fourth-order valence-electron chi connectivity index (χ4n) is 2.67. The number of benzene rings is 2. The quantitative estimate of drug-likeness (QED) is 0.597. The van der Waals surface area contributed by atoms with E-state index in [2.05, 4.69) is 22.1 Å². The van der Waals surface area contributed by atoms with Crippen LogP contribution in [-0.4, -0.2) is 29.1 Å². The third-order valence-corrected chi connectivity index (χ3v) is 5.31. The van der Waals surface area contributed by atoms with Gasteiger partial charge in [0.05, 0.1) is 19.2 Å². The summed E-state index contributed by atoms with van der Waals surface area (Å²) in [6.07, 6.45) is -0.0195. The van der Waals surface area contributed by atoms with E-state index in [4.69, 9.17) is 9.84 Å². The van der Waals surface area contributed by atoms with Gasteiger partial charge in [-0.25, -0.2) is 4.98 Å². The minimum absolute atomic E-state index is 0.0195. The number of hydrogen-bond acceptors (Lipinski definition) is 5. The molecule has 7 heteroatoms. The zero-order valence-corrected chi connectivity index (χ0v) is 17.4. The summed E-state index contributed by atoms with van der Waals surface area (Å²) in [5, 5.41) is 12.3. The lowest BCUT2D eigenvalue weighted by Crippen LogP contribution is -2.22. The number of carboxylic acids is 1. The number of aliphatic carboxylic acids is 1. The molecule has 0 saturated carbocycles. The van der Waals surface area contributed by atoms with Crippen LogP contribution in [0.4, 0.5) is 0 Å². The number of nitrogens with one attached hydrogen (secondary N) is 1. The molecule has 3 rings (SSSR count). The van der Waals surface area contributed by atoms with Gasteiger partial charge in [-0.15, -0.1) is 11.3 Å². The molecule has 0 atom stereocenters. The number of thiazole rings is 1. The summed E-state index contributed by atoms with van der Waals surface area (Å²) in [6, 6.07) is 14.5. The average molecular weight is 420 g/mol. The first kappa shape index (κ1) is 21.1. The minimum Gasteiger partial charge on any atom is -0.497 e. The fourth-order valence-corrected chi connectivity index (χ4v) is 3.51. The van der Waals surface area contributed by atoms with Crippen LogP contribution in [0.3, 0.4) is 0 Å². The van der Waals surface area contributed by atoms with Crippen molar-refractivity contribution in [2.24, 2.45) is 0 Å². The second-order valence-corrected chi connectivity index (χ2v) is 7.48. The van der Waals surface area contributed by atoms with Crippen LogP contribution in [0, 0.1) is 18.8 Å². The Bertz CT molecular complexity index is 1110. The Labute approximate surface area is 178 Å². The first-order valence-electron chi connectivity index (χ1n) is 9.16. The van der Waals surface area contributed by atoms with Gasteiger partial charge in [0.1, 0.15) is 10.6 Å². The number of methoxy groups -OCH3 is 1. The summed E-state index contributed by atoms with van der Waals surface area (Å²) < 4.78 is 5.13. The molecule has 0 radical (unpaired) electrons. The molecule has 2 aromatic carbocycles. The van der Waals surface area contributed by atoms with Gasteiger partial charge in [0.25, 0.3) is 5.91 Å². The van der Waals surface area contributed by atoms with E-state index in [9.17, 15) is 9.59 Å². The molecule has 0 unspecified atom stereocenters. The molecule has 152 valence electrons. The minimum atomic E-state index is -0.870. The number of carbonyl (C=O) groups is 2. The van der Waals surface area contributed by atoms with E-state index in [1.54, 1.807) is 38.3 Å². The maximum atomic E-state index is 12.5. The summed E-state index contributed by atoms with van der Waals surface area (Å²) in [5.41, 5.74) is 3.07. The molecule has 0 fully saturated rings. The van der Waals surface area contributed by atoms with Crippen molar-refractivity contribution in [1.29, 1.82) is 0 Å². The molecule has 1 amide bonds. The van der Waals surface area contributed by atoms with Gasteiger partial charge >= 0.3 is 5.97 Å². The molecule has 30 heavy (non-hydrogen) atoms. The number of hydrogen-bond donors (Lipinski definition) is 2. The van der Waals surface area contributed by atoms with Gasteiger partial charge in [-0.2, -0.15) is 0 Å². The van der Waals surface area contributed by atoms with E-state index in [0.717, 1.165) is 16.9 Å². The maximum Gasteiger partial charge on any atom is 0.307 e. The van der Waals surface area contributed by atoms with E-state index < -0.39 is 5.97 Å². The Morgan fingerprint density at radius 3 is 2.37 bits per heavy atom. The Hall–Kier alpha value is -3.63. The van der Waals surface area contributed by atoms with Crippen molar-refractivity contribution >= 4 is 23.2 Å². The molecule has 0 aliphatic carbocycles. The molecule has 2 N–H and O–H groups in total. The number of aryl methyl sites for hydroxylation is 1. The van der Waals surface area contributed by atoms with E-state index in [-0.39, 0.29) is 12.3 Å². The van der Waals surface area contributed by atoms with E-state index >= 15 is 0 Å². The van der Waals surface area contributed by atoms with Crippen LogP contribution in [0.5, 0.6) is 5.75 Å². The third kappa shape index (κ3) is 5.69. The van der Waals surface area contributed by atoms with Crippen molar-refractivity contribution < 1.29 is 19.4 Å². The lowest BCUT2D eigenvalue weighted by Gasteiger charge is -2.05. The van der Waals surface area contributed by atoms with Crippen molar-refractivity contribution in [3.63, 3.8) is 0 Å². The van der Waals surface area contributed by atoms with Crippen LogP contribution in [0.2, 0.25) is 0 Å². The highest BCUT2D eigenvalue weighted by molar-refractivity contribution is 7.14. The normalized spacial score (nSPS) is 10.1. The molecule has 0 saturated heterocycles. The van der Waals surface area contributed by atoms with Gasteiger partial charge in [-0.1, -0.05) is 30.2 Å². The highest BCUT2D eigenvalue weighted by atomic mass is 32.1. The van der Waals surface area contributed by atoms with Crippen molar-refractivity contribution in [2.45, 2.75) is 19.9 Å². The monoisotopic (exact) mass is 420 g/mol. The lowest BCUT2D eigenvalue weighted by atomic mass is 10.1. The van der Waals surface area contributed by atoms with Crippen molar-refractivity contribution in [3.8, 4) is 17.6 Å². The van der Waals surface area contributed by atoms with E-state index in [1.165, 1.54) is 11.3 Å². The number of carbonyl (C=O) groups excluding carboxylic acids is 1. The Kier molecular flexibility index (Phi) is 6.83. The summed E-state index contributed by atoms with van der Waals surface area (Å²) in [4.78, 5) is 28.2. The number of amides is 1. The predicted molar refractivity (Wildman–Crippen MR) is 115 cm³/mol. The predicted octanol–water partition coefficient (Wildman–Crippen LogP) is 3.42. The standard InChI is InChI=1S/C23H20N2O4S/c1-15-22(23(28)24-14-18-7-10-19(29-2)11-8-18)30-20(25-15)12-9-16-3-5-17(6-4-16)13-21(26)27/h3-8,10-11H,13-14H2,1-2H3,(H,24,28)(H,26,27). The smallest absolute Gasteiger partial charge is 0.307 e. The Morgan fingerprint density at radius 1 is 1.07 bits per heavy atom. The zero-order valence-electron chi connectivity index (χ0n) is 16.6. The molecule has 1 heterocycles. The number of ether oxygens (including phenoxy) is 1. The van der Waals surface area contributed by atoms with Gasteiger partial charge in [0.15, 0.2) is 5.01 Å². The fraction of sp³-hybridized carbons (Fsp3) is 0.174. The molecule has 0 bridgehead atoms. The van der Waals surface area contributed by atoms with E-state index in [1.807, 2.05) is 24.3 Å². The van der Waals surface area contributed by atoms with Crippen LogP contribution in [0.25, 0.3) is 0 Å². The lowest BCUT2D eigenvalue weighted by molar-refractivity contribution is -0.136. The average Bonchev–Trinajstić information content (AvgIpc) is 3.12. The first-order chi connectivity index (χ1) is 14.4. The van der Waals surface area contributed by atoms with Gasteiger partial charge in [-0.05, 0) is 48.2 Å². The van der Waals surface area contributed by atoms with Crippen LogP contribution >= 0.6 is 11.3 Å².